The van der Waals surface area contributed by atoms with Gasteiger partial charge in [0.1, 0.15) is 5.76 Å². The van der Waals surface area contributed by atoms with E-state index in [1.165, 1.54) is 11.1 Å². The van der Waals surface area contributed by atoms with Gasteiger partial charge in [0.2, 0.25) is 5.89 Å². The van der Waals surface area contributed by atoms with Crippen LogP contribution in [-0.4, -0.2) is 35.5 Å². The van der Waals surface area contributed by atoms with Crippen LogP contribution in [0.3, 0.4) is 0 Å². The van der Waals surface area contributed by atoms with Crippen LogP contribution in [0.15, 0.2) is 39.9 Å². The minimum Gasteiger partial charge on any atom is -0.443 e. The summed E-state index contributed by atoms with van der Waals surface area (Å²) in [7, 11) is 2.15. The van der Waals surface area contributed by atoms with Crippen molar-refractivity contribution in [2.45, 2.75) is 72.6 Å². The first-order valence-corrected chi connectivity index (χ1v) is 10.4. The van der Waals surface area contributed by atoms with Gasteiger partial charge in [-0.25, -0.2) is 9.98 Å². The van der Waals surface area contributed by atoms with Gasteiger partial charge in [-0.15, -0.1) is 24.0 Å². The predicted octanol–water partition coefficient (Wildman–Crippen LogP) is 4.69. The molecule has 0 saturated carbocycles. The highest BCUT2D eigenvalue weighted by Crippen LogP contribution is 2.22. The number of hydrogen-bond donors (Lipinski definition) is 2. The summed E-state index contributed by atoms with van der Waals surface area (Å²) in [6.07, 6.45) is 1.81. The number of benzene rings is 1. The number of halogens is 1. The Bertz CT molecular complexity index is 795. The van der Waals surface area contributed by atoms with E-state index < -0.39 is 0 Å². The Kier molecular flexibility index (Phi) is 10.8. The fourth-order valence-corrected chi connectivity index (χ4v) is 2.72. The number of nitrogens with one attached hydrogen (secondary N) is 2. The third kappa shape index (κ3) is 8.26. The quantitative estimate of drug-likeness (QED) is 0.297. The van der Waals surface area contributed by atoms with Crippen molar-refractivity contribution in [3.63, 3.8) is 0 Å². The molecule has 1 aromatic carbocycles. The van der Waals surface area contributed by atoms with Gasteiger partial charge in [0.05, 0.1) is 19.3 Å². The molecular weight excluding hydrogens is 489 g/mol. The average Bonchev–Trinajstić information content (AvgIpc) is 3.14. The predicted molar refractivity (Wildman–Crippen MR) is 135 cm³/mol. The molecule has 30 heavy (non-hydrogen) atoms. The summed E-state index contributed by atoms with van der Waals surface area (Å²) >= 11 is 0. The zero-order valence-electron chi connectivity index (χ0n) is 19.5. The second-order valence-electron chi connectivity index (χ2n) is 8.69. The molecule has 0 amide bonds. The van der Waals surface area contributed by atoms with E-state index in [0.717, 1.165) is 24.8 Å². The third-order valence-corrected chi connectivity index (χ3v) is 4.87. The van der Waals surface area contributed by atoms with Crippen LogP contribution in [-0.2, 0) is 25.0 Å². The average molecular weight is 527 g/mol. The second-order valence-corrected chi connectivity index (χ2v) is 8.69. The molecule has 0 spiro atoms. The number of oxazole rings is 1. The number of aromatic nitrogens is 1. The second kappa shape index (κ2) is 12.3. The topological polar surface area (TPSA) is 65.7 Å². The summed E-state index contributed by atoms with van der Waals surface area (Å²) in [6, 6.07) is 9.01. The Morgan fingerprint density at radius 3 is 2.40 bits per heavy atom. The summed E-state index contributed by atoms with van der Waals surface area (Å²) in [4.78, 5) is 11.5. The van der Waals surface area contributed by atoms with E-state index in [4.69, 9.17) is 9.41 Å². The van der Waals surface area contributed by atoms with Crippen LogP contribution in [0.2, 0.25) is 0 Å². The third-order valence-electron chi connectivity index (χ3n) is 4.87. The van der Waals surface area contributed by atoms with E-state index in [9.17, 15) is 0 Å². The molecule has 0 aliphatic heterocycles. The molecule has 0 fully saturated rings. The molecular formula is C23H38IN5O. The van der Waals surface area contributed by atoms with Gasteiger partial charge in [-0.2, -0.15) is 0 Å². The van der Waals surface area contributed by atoms with Crippen LogP contribution in [0, 0.1) is 0 Å². The maximum absolute atomic E-state index is 5.86. The van der Waals surface area contributed by atoms with Crippen LogP contribution >= 0.6 is 24.0 Å². The largest absolute Gasteiger partial charge is 0.443 e. The minimum atomic E-state index is -0.0449. The standard InChI is InChI=1S/C23H37N5O.HI/c1-8-24-22(27-15-21-25-14-20(29-21)23(4,5)6)26-13-18-11-9-10-12-19(18)16-28(7)17(2)3;/h9-12,14,17H,8,13,15-16H2,1-7H3,(H2,24,26,27);1H. The van der Waals surface area contributed by atoms with Crippen molar-refractivity contribution in [3.8, 4) is 0 Å². The first-order chi connectivity index (χ1) is 13.7. The Labute approximate surface area is 199 Å². The lowest BCUT2D eigenvalue weighted by Gasteiger charge is -2.22. The molecule has 168 valence electrons. The van der Waals surface area contributed by atoms with Gasteiger partial charge in [0, 0.05) is 24.5 Å². The molecule has 0 aliphatic rings. The number of guanidine groups is 1. The summed E-state index contributed by atoms with van der Waals surface area (Å²) in [5.41, 5.74) is 2.51. The van der Waals surface area contributed by atoms with E-state index in [0.29, 0.717) is 25.0 Å². The van der Waals surface area contributed by atoms with Crippen molar-refractivity contribution in [2.24, 2.45) is 4.99 Å². The lowest BCUT2D eigenvalue weighted by molar-refractivity contribution is 0.265. The van der Waals surface area contributed by atoms with Gasteiger partial charge in [0.15, 0.2) is 5.96 Å². The summed E-state index contributed by atoms with van der Waals surface area (Å²) in [5.74, 6) is 2.31. The molecule has 0 bridgehead atoms. The molecule has 1 aromatic heterocycles. The molecule has 0 unspecified atom stereocenters. The zero-order chi connectivity index (χ0) is 21.4. The first kappa shape index (κ1) is 26.4. The van der Waals surface area contributed by atoms with Crippen molar-refractivity contribution < 1.29 is 4.42 Å². The van der Waals surface area contributed by atoms with Gasteiger partial charge < -0.3 is 15.1 Å². The van der Waals surface area contributed by atoms with Crippen molar-refractivity contribution >= 4 is 29.9 Å². The molecule has 2 N–H and O–H groups in total. The highest BCUT2D eigenvalue weighted by molar-refractivity contribution is 14.0. The summed E-state index contributed by atoms with van der Waals surface area (Å²) < 4.78 is 5.86. The SMILES string of the molecule is CCNC(=NCc1ccccc1CN(C)C(C)C)NCc1ncc(C(C)(C)C)o1.I. The van der Waals surface area contributed by atoms with E-state index in [-0.39, 0.29) is 29.4 Å². The molecule has 0 atom stereocenters. The van der Waals surface area contributed by atoms with Crippen molar-refractivity contribution in [2.75, 3.05) is 13.6 Å². The van der Waals surface area contributed by atoms with E-state index in [2.05, 4.69) is 93.4 Å². The van der Waals surface area contributed by atoms with Gasteiger partial charge in [-0.1, -0.05) is 45.0 Å². The molecule has 6 nitrogen and oxygen atoms in total. The number of nitrogens with zero attached hydrogens (tertiary/aromatic N) is 3. The normalized spacial score (nSPS) is 12.2. The van der Waals surface area contributed by atoms with Crippen LogP contribution in [0.5, 0.6) is 0 Å². The molecule has 2 aromatic rings. The highest BCUT2D eigenvalue weighted by atomic mass is 127. The zero-order valence-corrected chi connectivity index (χ0v) is 21.8. The van der Waals surface area contributed by atoms with Crippen LogP contribution in [0.1, 0.15) is 64.3 Å². The molecule has 0 radical (unpaired) electrons. The molecule has 7 heteroatoms. The molecule has 0 saturated heterocycles. The number of rotatable bonds is 8. The van der Waals surface area contributed by atoms with Crippen molar-refractivity contribution in [1.82, 2.24) is 20.5 Å². The Hall–Kier alpha value is -1.61. The van der Waals surface area contributed by atoms with E-state index >= 15 is 0 Å². The van der Waals surface area contributed by atoms with Crippen molar-refractivity contribution in [3.05, 3.63) is 53.2 Å². The smallest absolute Gasteiger partial charge is 0.213 e. The lowest BCUT2D eigenvalue weighted by Crippen LogP contribution is -2.36. The van der Waals surface area contributed by atoms with Gasteiger partial charge in [-0.05, 0) is 38.9 Å². The molecule has 1 heterocycles. The fraction of sp³-hybridized carbons (Fsp3) is 0.565. The Morgan fingerprint density at radius 1 is 1.17 bits per heavy atom. The first-order valence-electron chi connectivity index (χ1n) is 10.4. The van der Waals surface area contributed by atoms with Gasteiger partial charge in [0.25, 0.3) is 0 Å². The summed E-state index contributed by atoms with van der Waals surface area (Å²) in [5, 5.41) is 6.62. The highest BCUT2D eigenvalue weighted by Gasteiger charge is 2.19. The van der Waals surface area contributed by atoms with Crippen LogP contribution in [0.4, 0.5) is 0 Å². The maximum atomic E-state index is 5.86. The van der Waals surface area contributed by atoms with Crippen LogP contribution < -0.4 is 10.6 Å². The maximum Gasteiger partial charge on any atom is 0.213 e. The molecule has 0 aliphatic carbocycles. The summed E-state index contributed by atoms with van der Waals surface area (Å²) in [6.45, 7) is 15.7. The van der Waals surface area contributed by atoms with Crippen molar-refractivity contribution in [1.29, 1.82) is 0 Å². The fourth-order valence-electron chi connectivity index (χ4n) is 2.72. The van der Waals surface area contributed by atoms with Crippen LogP contribution in [0.25, 0.3) is 0 Å². The van der Waals surface area contributed by atoms with E-state index in [1.807, 2.05) is 6.20 Å². The Morgan fingerprint density at radius 2 is 1.83 bits per heavy atom. The monoisotopic (exact) mass is 527 g/mol. The number of aliphatic imine (C=N–C) groups is 1. The Balaban J connectivity index is 0.00000450. The number of hydrogen-bond acceptors (Lipinski definition) is 4. The van der Waals surface area contributed by atoms with Gasteiger partial charge in [-0.3, -0.25) is 4.90 Å². The lowest BCUT2D eigenvalue weighted by atomic mass is 9.94. The van der Waals surface area contributed by atoms with Gasteiger partial charge >= 0.3 is 0 Å². The molecule has 2 rings (SSSR count). The van der Waals surface area contributed by atoms with E-state index in [1.54, 1.807) is 0 Å². The minimum absolute atomic E-state index is 0.